The lowest BCUT2D eigenvalue weighted by Crippen LogP contribution is -2.30. The normalized spacial score (nSPS) is 10.7. The predicted octanol–water partition coefficient (Wildman–Crippen LogP) is 4.05. The van der Waals surface area contributed by atoms with E-state index in [-0.39, 0.29) is 48.9 Å². The second-order valence-corrected chi connectivity index (χ2v) is 8.03. The number of aromatic nitrogens is 2. The first-order valence-electron chi connectivity index (χ1n) is 10.9. The van der Waals surface area contributed by atoms with Gasteiger partial charge in [-0.3, -0.25) is 14.4 Å². The minimum Gasteiger partial charge on any atom is -0.494 e. The number of ketones is 1. The van der Waals surface area contributed by atoms with Gasteiger partial charge < -0.3 is 20.5 Å². The van der Waals surface area contributed by atoms with E-state index in [1.807, 2.05) is 6.92 Å². The van der Waals surface area contributed by atoms with E-state index in [9.17, 15) is 18.8 Å². The van der Waals surface area contributed by atoms with E-state index >= 15 is 0 Å². The standard InChI is InChI=1S/C24H24ClFN4O5/c1-2-35-21-11-20-17(24(29-13-28-20)30-15-6-7-19(26)18(25)10-15)9-14(21)8-16(31)12-27-22(32)4-3-5-23(33)34/h6-7,9-11,13H,2-5,8,12H2,1H3,(H,27,32)(H,33,34)(H,28,29,30). The number of ether oxygens (including phenoxy) is 1. The average Bonchev–Trinajstić information content (AvgIpc) is 2.81. The molecule has 2 aromatic carbocycles. The lowest BCUT2D eigenvalue weighted by atomic mass is 10.0. The maximum absolute atomic E-state index is 13.5. The number of carbonyl (C=O) groups is 3. The van der Waals surface area contributed by atoms with Crippen molar-refractivity contribution < 1.29 is 28.6 Å². The van der Waals surface area contributed by atoms with Crippen molar-refractivity contribution in [3.63, 3.8) is 0 Å². The summed E-state index contributed by atoms with van der Waals surface area (Å²) >= 11 is 5.87. The van der Waals surface area contributed by atoms with Gasteiger partial charge in [0.2, 0.25) is 5.91 Å². The van der Waals surface area contributed by atoms with Crippen molar-refractivity contribution in [2.24, 2.45) is 0 Å². The number of rotatable bonds is 12. The number of carbonyl (C=O) groups excluding carboxylic acids is 2. The molecule has 0 aliphatic rings. The van der Waals surface area contributed by atoms with Gasteiger partial charge in [0, 0.05) is 42.0 Å². The van der Waals surface area contributed by atoms with Gasteiger partial charge in [-0.1, -0.05) is 11.6 Å². The molecule has 3 N–H and O–H groups in total. The first-order chi connectivity index (χ1) is 16.8. The molecular formula is C24H24ClFN4O5. The van der Waals surface area contributed by atoms with Gasteiger partial charge in [0.25, 0.3) is 0 Å². The number of halogens is 2. The van der Waals surface area contributed by atoms with Crippen LogP contribution < -0.4 is 15.4 Å². The van der Waals surface area contributed by atoms with Crippen molar-refractivity contribution in [1.29, 1.82) is 0 Å². The summed E-state index contributed by atoms with van der Waals surface area (Å²) in [5.74, 6) is -1.25. The van der Waals surface area contributed by atoms with E-state index in [1.165, 1.54) is 24.5 Å². The Morgan fingerprint density at radius 2 is 1.94 bits per heavy atom. The highest BCUT2D eigenvalue weighted by atomic mass is 35.5. The molecule has 1 amide bonds. The molecule has 0 aliphatic heterocycles. The van der Waals surface area contributed by atoms with Crippen LogP contribution in [0.15, 0.2) is 36.7 Å². The summed E-state index contributed by atoms with van der Waals surface area (Å²) in [6.45, 7) is 2.00. The van der Waals surface area contributed by atoms with Crippen LogP contribution in [0.2, 0.25) is 5.02 Å². The summed E-state index contributed by atoms with van der Waals surface area (Å²) in [6.07, 6.45) is 1.47. The minimum absolute atomic E-state index is 0.0165. The molecule has 0 radical (unpaired) electrons. The Labute approximate surface area is 205 Å². The molecule has 0 atom stereocenters. The molecule has 0 bridgehead atoms. The number of nitrogens with one attached hydrogen (secondary N) is 2. The van der Waals surface area contributed by atoms with Crippen LogP contribution in [0.25, 0.3) is 10.9 Å². The van der Waals surface area contributed by atoms with Gasteiger partial charge in [-0.15, -0.1) is 0 Å². The zero-order valence-electron chi connectivity index (χ0n) is 18.9. The van der Waals surface area contributed by atoms with Gasteiger partial charge in [0.1, 0.15) is 23.7 Å². The second-order valence-electron chi connectivity index (χ2n) is 7.63. The van der Waals surface area contributed by atoms with Crippen LogP contribution in [0.4, 0.5) is 15.9 Å². The van der Waals surface area contributed by atoms with E-state index in [0.29, 0.717) is 40.3 Å². The number of Topliss-reactive ketones (excluding diaryl/α,β-unsaturated/α-hetero) is 1. The van der Waals surface area contributed by atoms with Crippen LogP contribution in [0.5, 0.6) is 5.75 Å². The molecule has 1 aromatic heterocycles. The van der Waals surface area contributed by atoms with Crippen molar-refractivity contribution >= 4 is 51.7 Å². The van der Waals surface area contributed by atoms with E-state index in [0.717, 1.165) is 0 Å². The molecule has 35 heavy (non-hydrogen) atoms. The highest BCUT2D eigenvalue weighted by Crippen LogP contribution is 2.31. The molecule has 0 aliphatic carbocycles. The Balaban J connectivity index is 1.78. The number of nitrogens with zero attached hydrogens (tertiary/aromatic N) is 2. The molecule has 11 heteroatoms. The van der Waals surface area contributed by atoms with Crippen molar-refractivity contribution in [1.82, 2.24) is 15.3 Å². The van der Waals surface area contributed by atoms with E-state index in [1.54, 1.807) is 12.1 Å². The topological polar surface area (TPSA) is 131 Å². The third-order valence-corrected chi connectivity index (χ3v) is 5.25. The quantitative estimate of drug-likeness (QED) is 0.338. The number of carboxylic acid groups (broad SMARTS) is 1. The molecule has 184 valence electrons. The smallest absolute Gasteiger partial charge is 0.303 e. The largest absolute Gasteiger partial charge is 0.494 e. The number of aliphatic carboxylic acids is 1. The molecule has 3 rings (SSSR count). The molecule has 3 aromatic rings. The van der Waals surface area contributed by atoms with Crippen LogP contribution in [0, 0.1) is 5.82 Å². The number of anilines is 2. The zero-order valence-corrected chi connectivity index (χ0v) is 19.7. The summed E-state index contributed by atoms with van der Waals surface area (Å²) < 4.78 is 19.2. The number of amides is 1. The Kier molecular flexibility index (Phi) is 8.91. The van der Waals surface area contributed by atoms with Crippen LogP contribution in [0.3, 0.4) is 0 Å². The van der Waals surface area contributed by atoms with Crippen molar-refractivity contribution in [3.8, 4) is 5.75 Å². The average molecular weight is 503 g/mol. The van der Waals surface area contributed by atoms with Crippen molar-refractivity contribution in [2.75, 3.05) is 18.5 Å². The number of carboxylic acids is 1. The fourth-order valence-corrected chi connectivity index (χ4v) is 3.51. The van der Waals surface area contributed by atoms with Crippen LogP contribution in [-0.2, 0) is 20.8 Å². The number of hydrogen-bond donors (Lipinski definition) is 3. The third-order valence-electron chi connectivity index (χ3n) is 4.96. The molecule has 0 fully saturated rings. The third kappa shape index (κ3) is 7.35. The lowest BCUT2D eigenvalue weighted by Gasteiger charge is -2.14. The molecular weight excluding hydrogens is 479 g/mol. The van der Waals surface area contributed by atoms with Gasteiger partial charge in [-0.2, -0.15) is 0 Å². The van der Waals surface area contributed by atoms with E-state index in [2.05, 4.69) is 20.6 Å². The molecule has 0 spiro atoms. The first kappa shape index (κ1) is 25.8. The van der Waals surface area contributed by atoms with Gasteiger partial charge in [-0.05, 0) is 37.6 Å². The molecule has 9 nitrogen and oxygen atoms in total. The summed E-state index contributed by atoms with van der Waals surface area (Å²) in [4.78, 5) is 43.5. The molecule has 0 saturated carbocycles. The Morgan fingerprint density at radius 3 is 2.66 bits per heavy atom. The summed E-state index contributed by atoms with van der Waals surface area (Å²) in [5, 5.41) is 14.8. The SMILES string of the molecule is CCOc1cc2ncnc(Nc3ccc(F)c(Cl)c3)c2cc1CC(=O)CNC(=O)CCCC(=O)O. The Hall–Kier alpha value is -3.79. The van der Waals surface area contributed by atoms with E-state index in [4.69, 9.17) is 21.4 Å². The lowest BCUT2D eigenvalue weighted by molar-refractivity contribution is -0.137. The number of benzene rings is 2. The van der Waals surface area contributed by atoms with Gasteiger partial charge in [-0.25, -0.2) is 14.4 Å². The molecule has 0 unspecified atom stereocenters. The summed E-state index contributed by atoms with van der Waals surface area (Å²) in [5.41, 5.74) is 1.68. The van der Waals surface area contributed by atoms with Crippen molar-refractivity contribution in [2.45, 2.75) is 32.6 Å². The highest BCUT2D eigenvalue weighted by Gasteiger charge is 2.15. The van der Waals surface area contributed by atoms with Crippen LogP contribution in [0.1, 0.15) is 31.7 Å². The number of hydrogen-bond acceptors (Lipinski definition) is 7. The maximum atomic E-state index is 13.5. The molecule has 1 heterocycles. The predicted molar refractivity (Wildman–Crippen MR) is 129 cm³/mol. The summed E-state index contributed by atoms with van der Waals surface area (Å²) in [6, 6.07) is 7.63. The Bertz CT molecular complexity index is 1250. The second kappa shape index (κ2) is 12.1. The maximum Gasteiger partial charge on any atom is 0.303 e. The zero-order chi connectivity index (χ0) is 25.4. The van der Waals surface area contributed by atoms with Gasteiger partial charge in [0.05, 0.1) is 23.7 Å². The van der Waals surface area contributed by atoms with Crippen molar-refractivity contribution in [3.05, 3.63) is 53.1 Å². The fourth-order valence-electron chi connectivity index (χ4n) is 3.33. The minimum atomic E-state index is -0.978. The highest BCUT2D eigenvalue weighted by molar-refractivity contribution is 6.31. The van der Waals surface area contributed by atoms with Gasteiger partial charge in [0.15, 0.2) is 5.78 Å². The van der Waals surface area contributed by atoms with Crippen LogP contribution in [-0.4, -0.2) is 45.9 Å². The number of fused-ring (bicyclic) bond motifs is 1. The Morgan fingerprint density at radius 1 is 1.14 bits per heavy atom. The van der Waals surface area contributed by atoms with Crippen LogP contribution >= 0.6 is 11.6 Å². The van der Waals surface area contributed by atoms with E-state index < -0.39 is 11.8 Å². The molecule has 0 saturated heterocycles. The first-order valence-corrected chi connectivity index (χ1v) is 11.3. The van der Waals surface area contributed by atoms with Gasteiger partial charge >= 0.3 is 5.97 Å². The fraction of sp³-hybridized carbons (Fsp3) is 0.292. The summed E-state index contributed by atoms with van der Waals surface area (Å²) in [7, 11) is 0. The monoisotopic (exact) mass is 502 g/mol.